The van der Waals surface area contributed by atoms with E-state index < -0.39 is 0 Å². The summed E-state index contributed by atoms with van der Waals surface area (Å²) in [6, 6.07) is 10.0. The fraction of sp³-hybridized carbons (Fsp3) is 0.250. The summed E-state index contributed by atoms with van der Waals surface area (Å²) in [4.78, 5) is 18.5. The number of hydrogen-bond donors (Lipinski definition) is 0. The van der Waals surface area contributed by atoms with Gasteiger partial charge in [-0.2, -0.15) is 0 Å². The number of carbonyl (C=O) groups is 1. The van der Waals surface area contributed by atoms with E-state index in [-0.39, 0.29) is 11.8 Å². The van der Waals surface area contributed by atoms with E-state index >= 15 is 0 Å². The Bertz CT molecular complexity index is 663. The van der Waals surface area contributed by atoms with Crippen LogP contribution in [0.25, 0.3) is 10.9 Å². The Labute approximate surface area is 112 Å². The first-order chi connectivity index (χ1) is 9.19. The molecule has 96 valence electrons. The van der Waals surface area contributed by atoms with Crippen molar-refractivity contribution in [1.82, 2.24) is 4.98 Å². The number of carbonyl (C=O) groups excluding carboxylic acids is 1. The van der Waals surface area contributed by atoms with Crippen LogP contribution in [-0.2, 0) is 4.79 Å². The highest BCUT2D eigenvalue weighted by molar-refractivity contribution is 6.03. The molecule has 1 amide bonds. The number of fused-ring (bicyclic) bond motifs is 1. The summed E-state index contributed by atoms with van der Waals surface area (Å²) < 4.78 is 0. The van der Waals surface area contributed by atoms with Crippen molar-refractivity contribution in [3.63, 3.8) is 0 Å². The van der Waals surface area contributed by atoms with E-state index in [4.69, 9.17) is 0 Å². The Morgan fingerprint density at radius 2 is 2.21 bits per heavy atom. The zero-order valence-corrected chi connectivity index (χ0v) is 11.0. The molecular weight excluding hydrogens is 236 g/mol. The summed E-state index contributed by atoms with van der Waals surface area (Å²) >= 11 is 0. The molecule has 1 aromatic carbocycles. The van der Waals surface area contributed by atoms with Crippen LogP contribution in [0.4, 0.5) is 5.69 Å². The Morgan fingerprint density at radius 3 is 2.95 bits per heavy atom. The van der Waals surface area contributed by atoms with Gasteiger partial charge in [0.15, 0.2) is 0 Å². The number of rotatable bonds is 2. The Balaban J connectivity index is 2.12. The first-order valence-electron chi connectivity index (χ1n) is 6.48. The summed E-state index contributed by atoms with van der Waals surface area (Å²) in [6.07, 6.45) is 2.41. The van der Waals surface area contributed by atoms with Gasteiger partial charge in [-0.3, -0.25) is 9.78 Å². The molecule has 3 rings (SSSR count). The van der Waals surface area contributed by atoms with Crippen LogP contribution in [0.5, 0.6) is 0 Å². The summed E-state index contributed by atoms with van der Waals surface area (Å²) in [5, 5.41) is 1.07. The molecule has 2 aromatic rings. The molecule has 0 N–H and O–H groups in total. The first-order valence-corrected chi connectivity index (χ1v) is 6.48. The molecule has 1 aliphatic rings. The van der Waals surface area contributed by atoms with Crippen molar-refractivity contribution in [3.8, 4) is 0 Å². The third kappa shape index (κ3) is 2.01. The molecule has 0 radical (unpaired) electrons. The molecule has 1 atom stereocenters. The molecule has 0 bridgehead atoms. The van der Waals surface area contributed by atoms with Gasteiger partial charge in [-0.15, -0.1) is 6.58 Å². The molecule has 1 aliphatic heterocycles. The van der Waals surface area contributed by atoms with Crippen LogP contribution in [0.15, 0.2) is 43.0 Å². The highest BCUT2D eigenvalue weighted by Crippen LogP contribution is 2.30. The number of benzene rings is 1. The molecule has 3 heteroatoms. The Hall–Kier alpha value is -2.16. The van der Waals surface area contributed by atoms with Crippen LogP contribution in [0.2, 0.25) is 0 Å². The minimum absolute atomic E-state index is 0.153. The van der Waals surface area contributed by atoms with Crippen molar-refractivity contribution in [2.45, 2.75) is 13.3 Å². The third-order valence-electron chi connectivity index (χ3n) is 3.62. The Kier molecular flexibility index (Phi) is 2.82. The monoisotopic (exact) mass is 252 g/mol. The van der Waals surface area contributed by atoms with Crippen molar-refractivity contribution in [2.24, 2.45) is 5.92 Å². The van der Waals surface area contributed by atoms with Gasteiger partial charge in [0, 0.05) is 30.0 Å². The molecular formula is C16H16N2O. The van der Waals surface area contributed by atoms with Gasteiger partial charge in [-0.25, -0.2) is 0 Å². The average Bonchev–Trinajstić information content (AvgIpc) is 2.79. The zero-order valence-electron chi connectivity index (χ0n) is 11.0. The van der Waals surface area contributed by atoms with Gasteiger partial charge >= 0.3 is 0 Å². The minimum Gasteiger partial charge on any atom is -0.310 e. The number of amides is 1. The van der Waals surface area contributed by atoms with E-state index in [1.165, 1.54) is 0 Å². The summed E-state index contributed by atoms with van der Waals surface area (Å²) in [6.45, 7) is 6.46. The van der Waals surface area contributed by atoms with Gasteiger partial charge in [0.2, 0.25) is 5.91 Å². The van der Waals surface area contributed by atoms with E-state index in [1.807, 2.05) is 48.2 Å². The van der Waals surface area contributed by atoms with Crippen LogP contribution in [-0.4, -0.2) is 17.4 Å². The number of hydrogen-bond acceptors (Lipinski definition) is 2. The molecule has 1 aromatic heterocycles. The number of aryl methyl sites for hydroxylation is 1. The lowest BCUT2D eigenvalue weighted by molar-refractivity contribution is -0.117. The van der Waals surface area contributed by atoms with E-state index in [0.717, 1.165) is 22.3 Å². The van der Waals surface area contributed by atoms with E-state index in [0.29, 0.717) is 13.0 Å². The zero-order chi connectivity index (χ0) is 13.4. The number of nitrogens with zero attached hydrogens (tertiary/aromatic N) is 2. The second-order valence-electron chi connectivity index (χ2n) is 5.01. The Morgan fingerprint density at radius 1 is 1.37 bits per heavy atom. The second-order valence-corrected chi connectivity index (χ2v) is 5.01. The van der Waals surface area contributed by atoms with Gasteiger partial charge in [0.1, 0.15) is 0 Å². The van der Waals surface area contributed by atoms with E-state index in [2.05, 4.69) is 11.6 Å². The standard InChI is InChI=1S/C16H16N2O/c1-3-12-9-15(19)18(10-12)14-6-4-5-13-8-7-11(2)17-16(13)14/h3-8,12H,1,9-10H2,2H3. The average molecular weight is 252 g/mol. The van der Waals surface area contributed by atoms with Crippen molar-refractivity contribution in [2.75, 3.05) is 11.4 Å². The van der Waals surface area contributed by atoms with E-state index in [9.17, 15) is 4.79 Å². The van der Waals surface area contributed by atoms with Crippen molar-refractivity contribution in [3.05, 3.63) is 48.7 Å². The molecule has 2 heterocycles. The number of anilines is 1. The van der Waals surface area contributed by atoms with Crippen molar-refractivity contribution in [1.29, 1.82) is 0 Å². The number of pyridine rings is 1. The summed E-state index contributed by atoms with van der Waals surface area (Å²) in [5.74, 6) is 0.397. The lowest BCUT2D eigenvalue weighted by Gasteiger charge is -2.18. The SMILES string of the molecule is C=CC1CC(=O)N(c2cccc3ccc(C)nc23)C1. The summed E-state index contributed by atoms with van der Waals surface area (Å²) in [7, 11) is 0. The van der Waals surface area contributed by atoms with Gasteiger partial charge in [0.05, 0.1) is 11.2 Å². The van der Waals surface area contributed by atoms with Gasteiger partial charge in [-0.05, 0) is 19.1 Å². The molecule has 1 fully saturated rings. The lowest BCUT2D eigenvalue weighted by atomic mass is 10.1. The van der Waals surface area contributed by atoms with Crippen molar-refractivity contribution < 1.29 is 4.79 Å². The molecule has 1 unspecified atom stereocenters. The quantitative estimate of drug-likeness (QED) is 0.769. The highest BCUT2D eigenvalue weighted by atomic mass is 16.2. The molecule has 0 saturated carbocycles. The fourth-order valence-corrected chi connectivity index (χ4v) is 2.57. The predicted octanol–water partition coefficient (Wildman–Crippen LogP) is 3.08. The topological polar surface area (TPSA) is 33.2 Å². The fourth-order valence-electron chi connectivity index (χ4n) is 2.57. The van der Waals surface area contributed by atoms with Gasteiger partial charge in [0.25, 0.3) is 0 Å². The highest BCUT2D eigenvalue weighted by Gasteiger charge is 2.29. The first kappa shape index (κ1) is 11.9. The maximum atomic E-state index is 12.1. The molecule has 19 heavy (non-hydrogen) atoms. The number of aromatic nitrogens is 1. The number of para-hydroxylation sites is 1. The molecule has 3 nitrogen and oxygen atoms in total. The molecule has 1 saturated heterocycles. The maximum Gasteiger partial charge on any atom is 0.227 e. The lowest BCUT2D eigenvalue weighted by Crippen LogP contribution is -2.24. The minimum atomic E-state index is 0.153. The predicted molar refractivity (Wildman–Crippen MR) is 77.1 cm³/mol. The van der Waals surface area contributed by atoms with Crippen LogP contribution in [0.3, 0.4) is 0 Å². The maximum absolute atomic E-state index is 12.1. The van der Waals surface area contributed by atoms with Crippen LogP contribution in [0, 0.1) is 12.8 Å². The van der Waals surface area contributed by atoms with Gasteiger partial charge < -0.3 is 4.90 Å². The van der Waals surface area contributed by atoms with Crippen LogP contribution >= 0.6 is 0 Å². The summed E-state index contributed by atoms with van der Waals surface area (Å²) in [5.41, 5.74) is 2.78. The van der Waals surface area contributed by atoms with Crippen LogP contribution < -0.4 is 4.90 Å². The molecule has 0 aliphatic carbocycles. The van der Waals surface area contributed by atoms with Gasteiger partial charge in [-0.1, -0.05) is 24.3 Å². The smallest absolute Gasteiger partial charge is 0.227 e. The van der Waals surface area contributed by atoms with Crippen LogP contribution in [0.1, 0.15) is 12.1 Å². The largest absolute Gasteiger partial charge is 0.310 e. The molecule has 0 spiro atoms. The second kappa shape index (κ2) is 4.50. The van der Waals surface area contributed by atoms with Crippen molar-refractivity contribution >= 4 is 22.5 Å². The third-order valence-corrected chi connectivity index (χ3v) is 3.62. The normalized spacial score (nSPS) is 19.1. The van der Waals surface area contributed by atoms with E-state index in [1.54, 1.807) is 0 Å².